The molecule has 0 radical (unpaired) electrons. The molecular weight excluding hydrogens is 442 g/mol. The van der Waals surface area contributed by atoms with Gasteiger partial charge < -0.3 is 18.7 Å². The van der Waals surface area contributed by atoms with Crippen molar-refractivity contribution in [2.75, 3.05) is 21.3 Å². The summed E-state index contributed by atoms with van der Waals surface area (Å²) >= 11 is 1.57. The minimum absolute atomic E-state index is 0.337. The lowest BCUT2D eigenvalue weighted by atomic mass is 9.95. The molecule has 1 aromatic carbocycles. The van der Waals surface area contributed by atoms with Crippen LogP contribution >= 0.6 is 11.8 Å². The molecule has 178 valence electrons. The summed E-state index contributed by atoms with van der Waals surface area (Å²) in [4.78, 5) is 4.48. The van der Waals surface area contributed by atoms with E-state index >= 15 is 0 Å². The lowest BCUT2D eigenvalue weighted by Gasteiger charge is -2.25. The highest BCUT2D eigenvalue weighted by Crippen LogP contribution is 2.43. The van der Waals surface area contributed by atoms with Crippen LogP contribution in [-0.4, -0.2) is 46.2 Å². The third-order valence-corrected chi connectivity index (χ3v) is 6.76. The summed E-state index contributed by atoms with van der Waals surface area (Å²) in [5.41, 5.74) is 0.873. The molecule has 0 spiro atoms. The predicted molar refractivity (Wildman–Crippen MR) is 125 cm³/mol. The Kier molecular flexibility index (Phi) is 7.74. The van der Waals surface area contributed by atoms with Gasteiger partial charge in [-0.3, -0.25) is 4.57 Å². The Bertz CT molecular complexity index is 1040. The van der Waals surface area contributed by atoms with Gasteiger partial charge in [0.15, 0.2) is 28.3 Å². The van der Waals surface area contributed by atoms with Crippen molar-refractivity contribution >= 4 is 11.8 Å². The summed E-state index contributed by atoms with van der Waals surface area (Å²) in [6, 6.07) is 4.19. The van der Waals surface area contributed by atoms with Crippen LogP contribution in [0.1, 0.15) is 63.2 Å². The van der Waals surface area contributed by atoms with Gasteiger partial charge in [0.2, 0.25) is 11.6 Å². The van der Waals surface area contributed by atoms with E-state index in [4.69, 9.17) is 18.7 Å². The van der Waals surface area contributed by atoms with Gasteiger partial charge in [-0.1, -0.05) is 43.1 Å². The molecule has 3 aromatic rings. The third-order valence-electron chi connectivity index (χ3n) is 5.84. The zero-order valence-corrected chi connectivity index (χ0v) is 20.5. The first-order valence-electron chi connectivity index (χ1n) is 11.4. The molecule has 0 aliphatic heterocycles. The summed E-state index contributed by atoms with van der Waals surface area (Å²) < 4.78 is 24.3. The first kappa shape index (κ1) is 23.4. The summed E-state index contributed by atoms with van der Waals surface area (Å²) in [6.45, 7) is 2.10. The maximum atomic E-state index is 5.57. The highest BCUT2D eigenvalue weighted by molar-refractivity contribution is 7.98. The highest BCUT2D eigenvalue weighted by Gasteiger charge is 2.26. The summed E-state index contributed by atoms with van der Waals surface area (Å²) in [7, 11) is 4.83. The Hall–Kier alpha value is -2.75. The minimum atomic E-state index is 0.337. The van der Waals surface area contributed by atoms with Gasteiger partial charge in [-0.15, -0.1) is 10.2 Å². The molecule has 2 heterocycles. The van der Waals surface area contributed by atoms with Crippen molar-refractivity contribution in [3.63, 3.8) is 0 Å². The monoisotopic (exact) mass is 473 g/mol. The molecule has 2 aromatic heterocycles. The van der Waals surface area contributed by atoms with Crippen molar-refractivity contribution in [3.8, 4) is 28.6 Å². The smallest absolute Gasteiger partial charge is 0.237 e. The van der Waals surface area contributed by atoms with E-state index in [1.807, 2.05) is 12.1 Å². The van der Waals surface area contributed by atoms with Crippen LogP contribution in [0.15, 0.2) is 21.8 Å². The van der Waals surface area contributed by atoms with E-state index in [0.717, 1.165) is 48.1 Å². The van der Waals surface area contributed by atoms with Gasteiger partial charge >= 0.3 is 0 Å². The number of benzene rings is 1. The molecule has 0 amide bonds. The Morgan fingerprint density at radius 1 is 1.03 bits per heavy atom. The molecule has 1 aliphatic rings. The number of methoxy groups -OCH3 is 3. The molecular formula is C23H31N5O4S. The Morgan fingerprint density at radius 3 is 2.39 bits per heavy atom. The molecule has 1 fully saturated rings. The van der Waals surface area contributed by atoms with Gasteiger partial charge in [-0.05, 0) is 31.4 Å². The number of aryl methyl sites for hydroxylation is 1. The number of thioether (sulfide) groups is 1. The molecule has 0 bridgehead atoms. The van der Waals surface area contributed by atoms with Crippen LogP contribution in [0.3, 0.4) is 0 Å². The fourth-order valence-corrected chi connectivity index (χ4v) is 5.09. The van der Waals surface area contributed by atoms with Gasteiger partial charge in [0.05, 0.1) is 27.1 Å². The Labute approximate surface area is 198 Å². The number of hydrogen-bond donors (Lipinski definition) is 0. The number of aromatic nitrogens is 5. The molecule has 4 rings (SSSR count). The van der Waals surface area contributed by atoms with E-state index in [1.165, 1.54) is 19.3 Å². The van der Waals surface area contributed by atoms with Crippen LogP contribution in [0.2, 0.25) is 0 Å². The van der Waals surface area contributed by atoms with Crippen molar-refractivity contribution in [2.24, 2.45) is 0 Å². The molecule has 0 unspecified atom stereocenters. The van der Waals surface area contributed by atoms with E-state index in [9.17, 15) is 0 Å². The first-order valence-corrected chi connectivity index (χ1v) is 12.4. The minimum Gasteiger partial charge on any atom is -0.493 e. The topological polar surface area (TPSA) is 97.3 Å². The lowest BCUT2D eigenvalue weighted by Crippen LogP contribution is -2.15. The van der Waals surface area contributed by atoms with Crippen LogP contribution in [-0.2, 0) is 12.2 Å². The highest BCUT2D eigenvalue weighted by atomic mass is 32.2. The lowest BCUT2D eigenvalue weighted by molar-refractivity contribution is 0.324. The second-order valence-corrected chi connectivity index (χ2v) is 8.97. The van der Waals surface area contributed by atoms with Crippen molar-refractivity contribution in [3.05, 3.63) is 23.8 Å². The van der Waals surface area contributed by atoms with E-state index in [-0.39, 0.29) is 0 Å². The second kappa shape index (κ2) is 10.9. The van der Waals surface area contributed by atoms with Crippen molar-refractivity contribution in [1.82, 2.24) is 24.9 Å². The van der Waals surface area contributed by atoms with Gasteiger partial charge in [0, 0.05) is 18.0 Å². The van der Waals surface area contributed by atoms with Crippen LogP contribution in [0, 0.1) is 0 Å². The zero-order valence-electron chi connectivity index (χ0n) is 19.7. The molecule has 1 aliphatic carbocycles. The SMILES string of the molecule is CCCc1noc(CSc2nnc(-c3cc(OC)c(OC)c(OC)c3)n2C2CCCCC2)n1. The number of rotatable bonds is 10. The van der Waals surface area contributed by atoms with Crippen LogP contribution in [0.25, 0.3) is 11.4 Å². The standard InChI is InChI=1S/C23H31N5O4S/c1-5-9-19-24-20(32-27-19)14-33-23-26-25-22(28(23)16-10-7-6-8-11-16)15-12-17(29-2)21(31-4)18(13-15)30-3/h12-13,16H,5-11,14H2,1-4H3. The predicted octanol–water partition coefficient (Wildman–Crippen LogP) is 5.10. The van der Waals surface area contributed by atoms with Crippen molar-refractivity contribution < 1.29 is 18.7 Å². The van der Waals surface area contributed by atoms with E-state index in [1.54, 1.807) is 33.1 Å². The molecule has 0 saturated heterocycles. The second-order valence-electron chi connectivity index (χ2n) is 8.03. The summed E-state index contributed by atoms with van der Waals surface area (Å²) in [5.74, 6) is 4.44. The Balaban J connectivity index is 1.69. The van der Waals surface area contributed by atoms with Gasteiger partial charge in [0.1, 0.15) is 0 Å². The third kappa shape index (κ3) is 5.10. The largest absolute Gasteiger partial charge is 0.493 e. The average molecular weight is 474 g/mol. The van der Waals surface area contributed by atoms with E-state index in [0.29, 0.717) is 34.9 Å². The summed E-state index contributed by atoms with van der Waals surface area (Å²) in [6.07, 6.45) is 7.67. The van der Waals surface area contributed by atoms with Crippen LogP contribution < -0.4 is 14.2 Å². The first-order chi connectivity index (χ1) is 16.2. The van der Waals surface area contributed by atoms with Crippen LogP contribution in [0.4, 0.5) is 0 Å². The fourth-order valence-electron chi connectivity index (χ4n) is 4.25. The molecule has 0 atom stereocenters. The van der Waals surface area contributed by atoms with E-state index in [2.05, 4.69) is 31.8 Å². The molecule has 33 heavy (non-hydrogen) atoms. The molecule has 10 heteroatoms. The van der Waals surface area contributed by atoms with E-state index < -0.39 is 0 Å². The van der Waals surface area contributed by atoms with Crippen molar-refractivity contribution in [1.29, 1.82) is 0 Å². The quantitative estimate of drug-likeness (QED) is 0.372. The van der Waals surface area contributed by atoms with Crippen LogP contribution in [0.5, 0.6) is 17.2 Å². The molecule has 0 N–H and O–H groups in total. The number of hydrogen-bond acceptors (Lipinski definition) is 9. The Morgan fingerprint density at radius 2 is 1.76 bits per heavy atom. The zero-order chi connectivity index (χ0) is 23.2. The van der Waals surface area contributed by atoms with Gasteiger partial charge in [-0.25, -0.2) is 0 Å². The molecule has 9 nitrogen and oxygen atoms in total. The summed E-state index contributed by atoms with van der Waals surface area (Å²) in [5, 5.41) is 14.0. The maximum Gasteiger partial charge on any atom is 0.237 e. The normalized spacial score (nSPS) is 14.4. The maximum absolute atomic E-state index is 5.57. The average Bonchev–Trinajstić information content (AvgIpc) is 3.49. The van der Waals surface area contributed by atoms with Gasteiger partial charge in [0.25, 0.3) is 0 Å². The van der Waals surface area contributed by atoms with Gasteiger partial charge in [-0.2, -0.15) is 4.98 Å². The fraction of sp³-hybridized carbons (Fsp3) is 0.565. The number of ether oxygens (including phenoxy) is 3. The number of nitrogens with zero attached hydrogens (tertiary/aromatic N) is 5. The molecule has 1 saturated carbocycles. The van der Waals surface area contributed by atoms with Crippen molar-refractivity contribution in [2.45, 2.75) is 68.8 Å².